The molecular weight excluding hydrogens is 212 g/mol. The van der Waals surface area contributed by atoms with Gasteiger partial charge in [-0.15, -0.1) is 0 Å². The van der Waals surface area contributed by atoms with E-state index >= 15 is 0 Å². The van der Waals surface area contributed by atoms with Gasteiger partial charge in [-0.1, -0.05) is 18.2 Å². The van der Waals surface area contributed by atoms with Crippen LogP contribution in [0.4, 0.5) is 0 Å². The van der Waals surface area contributed by atoms with Crippen molar-refractivity contribution in [3.63, 3.8) is 0 Å². The average molecular weight is 224 g/mol. The fourth-order valence-electron chi connectivity index (χ4n) is 2.19. The monoisotopic (exact) mass is 224 g/mol. The number of hydrogen-bond donors (Lipinski definition) is 0. The average Bonchev–Trinajstić information content (AvgIpc) is 2.74. The Hall–Kier alpha value is -2.16. The van der Waals surface area contributed by atoms with E-state index in [1.807, 2.05) is 49.5 Å². The zero-order valence-corrected chi connectivity index (χ0v) is 9.55. The maximum absolute atomic E-state index is 11.7. The van der Waals surface area contributed by atoms with Crippen molar-refractivity contribution < 1.29 is 4.79 Å². The number of nitrogens with zero attached hydrogens (tertiary/aromatic N) is 2. The third-order valence-electron chi connectivity index (χ3n) is 2.97. The molecule has 0 N–H and O–H groups in total. The van der Waals surface area contributed by atoms with Crippen molar-refractivity contribution in [1.29, 1.82) is 0 Å². The number of carbonyl (C=O) groups excluding carboxylic acids is 1. The van der Waals surface area contributed by atoms with E-state index in [0.29, 0.717) is 0 Å². The van der Waals surface area contributed by atoms with Crippen LogP contribution in [0, 0.1) is 0 Å². The van der Waals surface area contributed by atoms with Crippen molar-refractivity contribution >= 4 is 11.6 Å². The summed E-state index contributed by atoms with van der Waals surface area (Å²) in [6, 6.07) is 11.9. The van der Waals surface area contributed by atoms with E-state index in [-0.39, 0.29) is 5.91 Å². The number of aliphatic imine (C=N–C) groups is 1. The lowest BCUT2D eigenvalue weighted by molar-refractivity contribution is 0.1000. The molecule has 1 aromatic carbocycles. The SMILES string of the molecule is CC1=NC(=O)c2ccn(-c3ccccc3)c2C1. The second-order valence-corrected chi connectivity index (χ2v) is 4.21. The summed E-state index contributed by atoms with van der Waals surface area (Å²) in [5, 5.41) is 0. The Morgan fingerprint density at radius 2 is 1.94 bits per heavy atom. The molecule has 1 aliphatic rings. The molecule has 2 aromatic rings. The minimum Gasteiger partial charge on any atom is -0.320 e. The van der Waals surface area contributed by atoms with Crippen molar-refractivity contribution in [2.75, 3.05) is 0 Å². The van der Waals surface area contributed by atoms with E-state index in [4.69, 9.17) is 0 Å². The van der Waals surface area contributed by atoms with Crippen LogP contribution in [0.15, 0.2) is 47.6 Å². The first kappa shape index (κ1) is 10.0. The zero-order valence-electron chi connectivity index (χ0n) is 9.55. The standard InChI is InChI=1S/C14H12N2O/c1-10-9-13-12(14(17)15-10)7-8-16(13)11-5-3-2-4-6-11/h2-8H,9H2,1H3. The van der Waals surface area contributed by atoms with E-state index in [1.54, 1.807) is 0 Å². The molecule has 0 saturated heterocycles. The lowest BCUT2D eigenvalue weighted by atomic mass is 10.1. The van der Waals surface area contributed by atoms with Crippen LogP contribution in [-0.2, 0) is 6.42 Å². The summed E-state index contributed by atoms with van der Waals surface area (Å²) in [5.41, 5.74) is 3.71. The molecule has 17 heavy (non-hydrogen) atoms. The molecule has 0 aliphatic carbocycles. The van der Waals surface area contributed by atoms with Crippen LogP contribution in [0.2, 0.25) is 0 Å². The van der Waals surface area contributed by atoms with Crippen LogP contribution < -0.4 is 0 Å². The summed E-state index contributed by atoms with van der Waals surface area (Å²) in [5.74, 6) is -0.126. The van der Waals surface area contributed by atoms with Gasteiger partial charge in [0, 0.05) is 29.7 Å². The first-order chi connectivity index (χ1) is 8.25. The molecule has 0 spiro atoms. The largest absolute Gasteiger partial charge is 0.320 e. The lowest BCUT2D eigenvalue weighted by Crippen LogP contribution is -2.15. The van der Waals surface area contributed by atoms with E-state index in [2.05, 4.69) is 9.56 Å². The second-order valence-electron chi connectivity index (χ2n) is 4.21. The van der Waals surface area contributed by atoms with Gasteiger partial charge in [0.1, 0.15) is 0 Å². The third-order valence-corrected chi connectivity index (χ3v) is 2.97. The van der Waals surface area contributed by atoms with E-state index in [0.717, 1.165) is 29.1 Å². The molecule has 0 bridgehead atoms. The molecule has 0 saturated carbocycles. The molecule has 0 unspecified atom stereocenters. The minimum absolute atomic E-state index is 0.126. The van der Waals surface area contributed by atoms with Gasteiger partial charge in [-0.2, -0.15) is 0 Å². The minimum atomic E-state index is -0.126. The van der Waals surface area contributed by atoms with Gasteiger partial charge in [0.25, 0.3) is 5.91 Å². The molecule has 2 heterocycles. The van der Waals surface area contributed by atoms with Crippen LogP contribution in [-0.4, -0.2) is 16.2 Å². The number of para-hydroxylation sites is 1. The molecule has 0 fully saturated rings. The number of rotatable bonds is 1. The fourth-order valence-corrected chi connectivity index (χ4v) is 2.19. The first-order valence-corrected chi connectivity index (χ1v) is 5.60. The molecule has 3 nitrogen and oxygen atoms in total. The molecule has 1 aliphatic heterocycles. The summed E-state index contributed by atoms with van der Waals surface area (Å²) in [6.07, 6.45) is 2.68. The van der Waals surface area contributed by atoms with E-state index < -0.39 is 0 Å². The Labute approximate surface area is 99.4 Å². The Bertz CT molecular complexity index is 608. The number of hydrogen-bond acceptors (Lipinski definition) is 1. The highest BCUT2D eigenvalue weighted by Crippen LogP contribution is 2.22. The van der Waals surface area contributed by atoms with Crippen LogP contribution in [0.1, 0.15) is 23.0 Å². The van der Waals surface area contributed by atoms with Gasteiger partial charge in [-0.3, -0.25) is 4.79 Å². The smallest absolute Gasteiger partial charge is 0.278 e. The third kappa shape index (κ3) is 1.60. The van der Waals surface area contributed by atoms with Crippen molar-refractivity contribution in [3.8, 4) is 5.69 Å². The fraction of sp³-hybridized carbons (Fsp3) is 0.143. The molecule has 0 radical (unpaired) electrons. The first-order valence-electron chi connectivity index (χ1n) is 5.60. The molecule has 3 rings (SSSR count). The summed E-state index contributed by atoms with van der Waals surface area (Å²) < 4.78 is 2.06. The predicted octanol–water partition coefficient (Wildman–Crippen LogP) is 2.63. The van der Waals surface area contributed by atoms with Crippen molar-refractivity contribution in [3.05, 3.63) is 53.9 Å². The normalized spacial score (nSPS) is 14.4. The molecule has 84 valence electrons. The van der Waals surface area contributed by atoms with Crippen LogP contribution in [0.25, 0.3) is 5.69 Å². The number of benzene rings is 1. The summed E-state index contributed by atoms with van der Waals surface area (Å²) in [7, 11) is 0. The summed E-state index contributed by atoms with van der Waals surface area (Å²) >= 11 is 0. The molecule has 0 atom stereocenters. The van der Waals surface area contributed by atoms with Gasteiger partial charge in [0.15, 0.2) is 0 Å². The number of amides is 1. The summed E-state index contributed by atoms with van der Waals surface area (Å²) in [6.45, 7) is 1.89. The van der Waals surface area contributed by atoms with Gasteiger partial charge in [-0.25, -0.2) is 4.99 Å². The van der Waals surface area contributed by atoms with Crippen LogP contribution in [0.5, 0.6) is 0 Å². The van der Waals surface area contributed by atoms with Crippen LogP contribution in [0.3, 0.4) is 0 Å². The van der Waals surface area contributed by atoms with Gasteiger partial charge in [0.05, 0.1) is 5.56 Å². The Morgan fingerprint density at radius 1 is 1.18 bits per heavy atom. The Kier molecular flexibility index (Phi) is 2.18. The lowest BCUT2D eigenvalue weighted by Gasteiger charge is -2.13. The number of carbonyl (C=O) groups is 1. The van der Waals surface area contributed by atoms with Gasteiger partial charge < -0.3 is 4.57 Å². The Balaban J connectivity index is 2.15. The number of fused-ring (bicyclic) bond motifs is 1. The van der Waals surface area contributed by atoms with Crippen molar-refractivity contribution in [2.24, 2.45) is 4.99 Å². The van der Waals surface area contributed by atoms with Crippen molar-refractivity contribution in [2.45, 2.75) is 13.3 Å². The van der Waals surface area contributed by atoms with Gasteiger partial charge in [-0.05, 0) is 25.1 Å². The highest BCUT2D eigenvalue weighted by atomic mass is 16.1. The van der Waals surface area contributed by atoms with Gasteiger partial charge >= 0.3 is 0 Å². The van der Waals surface area contributed by atoms with E-state index in [1.165, 1.54) is 0 Å². The molecule has 3 heteroatoms. The van der Waals surface area contributed by atoms with E-state index in [9.17, 15) is 4.79 Å². The highest BCUT2D eigenvalue weighted by Gasteiger charge is 2.21. The predicted molar refractivity (Wildman–Crippen MR) is 66.9 cm³/mol. The Morgan fingerprint density at radius 3 is 2.71 bits per heavy atom. The second kappa shape index (κ2) is 3.70. The maximum Gasteiger partial charge on any atom is 0.278 e. The number of aromatic nitrogens is 1. The van der Waals surface area contributed by atoms with Gasteiger partial charge in [0.2, 0.25) is 0 Å². The quantitative estimate of drug-likeness (QED) is 0.733. The molecular formula is C14H12N2O. The molecule has 1 amide bonds. The molecule has 1 aromatic heterocycles. The van der Waals surface area contributed by atoms with Crippen molar-refractivity contribution in [1.82, 2.24) is 4.57 Å². The van der Waals surface area contributed by atoms with Crippen LogP contribution >= 0.6 is 0 Å². The summed E-state index contributed by atoms with van der Waals surface area (Å²) in [4.78, 5) is 15.7. The maximum atomic E-state index is 11.7. The topological polar surface area (TPSA) is 34.4 Å². The highest BCUT2D eigenvalue weighted by molar-refractivity contribution is 6.08. The zero-order chi connectivity index (χ0) is 11.8.